The predicted octanol–water partition coefficient (Wildman–Crippen LogP) is 9.99. The summed E-state index contributed by atoms with van der Waals surface area (Å²) in [7, 11) is 0. The minimum absolute atomic E-state index is 0.336. The van der Waals surface area contributed by atoms with Crippen LogP contribution in [0.15, 0.2) is 162 Å². The molecule has 0 spiro atoms. The number of hydrogen-bond donors (Lipinski definition) is 1. The zero-order valence-electron chi connectivity index (χ0n) is 28.5. The van der Waals surface area contributed by atoms with Crippen molar-refractivity contribution in [1.82, 2.24) is 25.3 Å². The Balaban J connectivity index is 1.12. The van der Waals surface area contributed by atoms with Crippen molar-refractivity contribution in [2.75, 3.05) is 0 Å². The zero-order valence-corrected chi connectivity index (χ0v) is 28.5. The summed E-state index contributed by atoms with van der Waals surface area (Å²) in [6.07, 6.45) is 6.28. The molecule has 0 bridgehead atoms. The van der Waals surface area contributed by atoms with Crippen LogP contribution in [0.5, 0.6) is 0 Å². The van der Waals surface area contributed by atoms with Gasteiger partial charge >= 0.3 is 0 Å². The summed E-state index contributed by atoms with van der Waals surface area (Å²) in [4.78, 5) is 28.6. The Labute approximate surface area is 307 Å². The summed E-state index contributed by atoms with van der Waals surface area (Å²) in [6, 6.07) is 39.5. The van der Waals surface area contributed by atoms with Crippen LogP contribution < -0.4 is 5.32 Å². The van der Waals surface area contributed by atoms with E-state index in [1.807, 2.05) is 91.0 Å². The number of amidine groups is 2. The Morgan fingerprint density at radius 1 is 0.463 bits per heavy atom. The first-order chi connectivity index (χ1) is 26.6. The summed E-state index contributed by atoms with van der Waals surface area (Å²) >= 11 is 0. The lowest BCUT2D eigenvalue weighted by atomic mass is 9.95. The first kappa shape index (κ1) is 31.5. The minimum Gasteiger partial charge on any atom is -0.344 e. The lowest BCUT2D eigenvalue weighted by Gasteiger charge is -2.24. The second-order valence-corrected chi connectivity index (χ2v) is 13.1. The third-order valence-corrected chi connectivity index (χ3v) is 9.74. The smallest absolute Gasteiger partial charge is 0.159 e. The number of halogens is 2. The van der Waals surface area contributed by atoms with Crippen molar-refractivity contribution < 1.29 is 8.78 Å². The van der Waals surface area contributed by atoms with Crippen LogP contribution >= 0.6 is 0 Å². The molecule has 0 fully saturated rings. The molecule has 0 aliphatic carbocycles. The summed E-state index contributed by atoms with van der Waals surface area (Å²) < 4.78 is 29.2. The summed E-state index contributed by atoms with van der Waals surface area (Å²) in [6.45, 7) is 0. The highest BCUT2D eigenvalue weighted by Crippen LogP contribution is 2.36. The third kappa shape index (κ3) is 5.50. The van der Waals surface area contributed by atoms with E-state index in [1.54, 1.807) is 24.8 Å². The van der Waals surface area contributed by atoms with E-state index < -0.39 is 17.8 Å². The van der Waals surface area contributed by atoms with Crippen LogP contribution in [-0.2, 0) is 0 Å². The summed E-state index contributed by atoms with van der Waals surface area (Å²) in [5, 5.41) is 7.26. The molecule has 10 rings (SSSR count). The van der Waals surface area contributed by atoms with E-state index in [4.69, 9.17) is 9.98 Å². The fraction of sp³-hybridized carbons (Fsp3) is 0.0222. The molecule has 0 saturated carbocycles. The van der Waals surface area contributed by atoms with Crippen molar-refractivity contribution >= 4 is 55.3 Å². The van der Waals surface area contributed by atoms with E-state index in [1.165, 1.54) is 12.1 Å². The highest BCUT2D eigenvalue weighted by Gasteiger charge is 2.23. The molecule has 256 valence electrons. The van der Waals surface area contributed by atoms with Crippen LogP contribution in [-0.4, -0.2) is 31.6 Å². The second kappa shape index (κ2) is 12.8. The number of benzene rings is 5. The topological polar surface area (TPSA) is 88.3 Å². The van der Waals surface area contributed by atoms with Crippen LogP contribution in [0.3, 0.4) is 0 Å². The van der Waals surface area contributed by atoms with Gasteiger partial charge in [0.2, 0.25) is 0 Å². The molecule has 4 aromatic heterocycles. The molecule has 0 saturated heterocycles. The van der Waals surface area contributed by atoms with Gasteiger partial charge in [-0.3, -0.25) is 19.9 Å². The Hall–Kier alpha value is -7.26. The molecule has 5 heterocycles. The number of nitrogens with one attached hydrogen (secondary N) is 1. The third-order valence-electron chi connectivity index (χ3n) is 9.74. The molecule has 1 aliphatic heterocycles. The van der Waals surface area contributed by atoms with Crippen LogP contribution in [0.25, 0.3) is 65.9 Å². The number of aliphatic imine (C=N–C) groups is 2. The number of hydrogen-bond acceptors (Lipinski definition) is 7. The molecule has 9 aromatic rings. The highest BCUT2D eigenvalue weighted by molar-refractivity contribution is 6.15. The van der Waals surface area contributed by atoms with Gasteiger partial charge in [-0.2, -0.15) is 0 Å². The molecule has 1 atom stereocenters. The first-order valence-electron chi connectivity index (χ1n) is 17.4. The molecule has 1 aliphatic rings. The Bertz CT molecular complexity index is 3010. The van der Waals surface area contributed by atoms with Gasteiger partial charge in [-0.15, -0.1) is 0 Å². The first-order valence-corrected chi connectivity index (χ1v) is 17.4. The van der Waals surface area contributed by atoms with Crippen molar-refractivity contribution in [3.05, 3.63) is 181 Å². The van der Waals surface area contributed by atoms with Crippen LogP contribution in [0.2, 0.25) is 0 Å². The number of pyridine rings is 4. The van der Waals surface area contributed by atoms with Crippen molar-refractivity contribution in [3.63, 3.8) is 0 Å². The zero-order chi connectivity index (χ0) is 36.2. The molecule has 0 radical (unpaired) electrons. The van der Waals surface area contributed by atoms with Crippen LogP contribution in [0.4, 0.5) is 8.78 Å². The number of nitrogens with zero attached hydrogens (tertiary/aromatic N) is 6. The lowest BCUT2D eigenvalue weighted by Crippen LogP contribution is -2.33. The monoisotopic (exact) mass is 703 g/mol. The van der Waals surface area contributed by atoms with E-state index in [0.717, 1.165) is 83.1 Å². The Morgan fingerprint density at radius 2 is 0.963 bits per heavy atom. The molecule has 5 aromatic carbocycles. The van der Waals surface area contributed by atoms with Crippen molar-refractivity contribution in [2.24, 2.45) is 9.98 Å². The maximum absolute atomic E-state index is 14.6. The maximum Gasteiger partial charge on any atom is 0.159 e. The molecule has 9 heteroatoms. The van der Waals surface area contributed by atoms with Gasteiger partial charge < -0.3 is 5.32 Å². The average Bonchev–Trinajstić information content (AvgIpc) is 3.22. The Morgan fingerprint density at radius 3 is 1.56 bits per heavy atom. The van der Waals surface area contributed by atoms with E-state index in [2.05, 4.69) is 43.5 Å². The summed E-state index contributed by atoms with van der Waals surface area (Å²) in [5.74, 6) is -0.441. The largest absolute Gasteiger partial charge is 0.344 e. The number of aromatic nitrogens is 4. The predicted molar refractivity (Wildman–Crippen MR) is 210 cm³/mol. The normalized spacial score (nSPS) is 14.3. The van der Waals surface area contributed by atoms with E-state index in [-0.39, 0.29) is 0 Å². The van der Waals surface area contributed by atoms with Gasteiger partial charge in [0.1, 0.15) is 23.6 Å². The van der Waals surface area contributed by atoms with Gasteiger partial charge in [0.05, 0.1) is 22.1 Å². The van der Waals surface area contributed by atoms with Gasteiger partial charge in [-0.05, 0) is 82.9 Å². The second-order valence-electron chi connectivity index (χ2n) is 13.1. The molecular formula is C45H27F2N7. The van der Waals surface area contributed by atoms with Gasteiger partial charge in [0, 0.05) is 69.1 Å². The highest BCUT2D eigenvalue weighted by atomic mass is 19.1. The van der Waals surface area contributed by atoms with Crippen molar-refractivity contribution in [2.45, 2.75) is 6.17 Å². The average molecular weight is 704 g/mol. The fourth-order valence-corrected chi connectivity index (χ4v) is 7.32. The van der Waals surface area contributed by atoms with E-state index in [0.29, 0.717) is 17.2 Å². The molecule has 1 N–H and O–H groups in total. The maximum atomic E-state index is 14.6. The standard InChI is InChI=1S/C45H27F2N7/c46-33-21-32(22-34(47)25-33)45-53-43(30-9-1-7-26(19-30)37-23-28-11-3-15-48-39(28)41-35(37)13-5-17-50-41)52-44(54-45)31-10-2-8-27(20-31)38-24-29-12-4-16-49-40(29)42-36(38)14-6-18-51-42/h1-25,45H,(H,52,53,54). The summed E-state index contributed by atoms with van der Waals surface area (Å²) in [5.41, 5.74) is 9.04. The van der Waals surface area contributed by atoms with Gasteiger partial charge in [-0.1, -0.05) is 60.7 Å². The minimum atomic E-state index is -0.821. The molecule has 7 nitrogen and oxygen atoms in total. The quantitative estimate of drug-likeness (QED) is 0.180. The van der Waals surface area contributed by atoms with E-state index in [9.17, 15) is 8.78 Å². The van der Waals surface area contributed by atoms with Crippen molar-refractivity contribution in [1.29, 1.82) is 0 Å². The number of fused-ring (bicyclic) bond motifs is 6. The Kier molecular flexibility index (Phi) is 7.43. The molecule has 1 unspecified atom stereocenters. The fourth-order valence-electron chi connectivity index (χ4n) is 7.32. The lowest BCUT2D eigenvalue weighted by molar-refractivity contribution is 0.569. The van der Waals surface area contributed by atoms with Crippen LogP contribution in [0.1, 0.15) is 22.9 Å². The van der Waals surface area contributed by atoms with E-state index >= 15 is 0 Å². The van der Waals surface area contributed by atoms with Gasteiger partial charge in [-0.25, -0.2) is 18.8 Å². The molecular weight excluding hydrogens is 677 g/mol. The van der Waals surface area contributed by atoms with Crippen molar-refractivity contribution in [3.8, 4) is 22.3 Å². The molecule has 54 heavy (non-hydrogen) atoms. The van der Waals surface area contributed by atoms with Gasteiger partial charge in [0.25, 0.3) is 0 Å². The van der Waals surface area contributed by atoms with Crippen LogP contribution in [0, 0.1) is 11.6 Å². The SMILES string of the molecule is Fc1cc(F)cc(C2N=C(c3cccc(-c4cc5cccnc5c5ncccc45)c3)N=C(c3cccc(-c4cc5cccnc5c5ncccc45)c3)N2)c1. The molecule has 0 amide bonds. The number of rotatable bonds is 5. The van der Waals surface area contributed by atoms with Gasteiger partial charge in [0.15, 0.2) is 5.84 Å².